The van der Waals surface area contributed by atoms with Crippen molar-refractivity contribution in [1.82, 2.24) is 25.1 Å². The Hall–Kier alpha value is -1.27. The minimum absolute atomic E-state index is 0.211. The van der Waals surface area contributed by atoms with Gasteiger partial charge in [-0.1, -0.05) is 6.92 Å². The number of thiazole rings is 1. The van der Waals surface area contributed by atoms with Crippen LogP contribution in [0.5, 0.6) is 0 Å². The molecule has 0 aliphatic heterocycles. The Morgan fingerprint density at radius 1 is 1.39 bits per heavy atom. The topological polar surface area (TPSA) is 55.6 Å². The van der Waals surface area contributed by atoms with Gasteiger partial charge in [-0.2, -0.15) is 5.10 Å². The molecule has 2 rings (SSSR count). The summed E-state index contributed by atoms with van der Waals surface area (Å²) in [5, 5.41) is 9.81. The fourth-order valence-electron chi connectivity index (χ4n) is 1.96. The Labute approximate surface area is 111 Å². The summed E-state index contributed by atoms with van der Waals surface area (Å²) in [4.78, 5) is 8.75. The number of hydrogen-bond acceptors (Lipinski definition) is 5. The van der Waals surface area contributed by atoms with Crippen molar-refractivity contribution in [1.29, 1.82) is 0 Å². The highest BCUT2D eigenvalue weighted by Gasteiger charge is 2.17. The molecule has 0 fully saturated rings. The van der Waals surface area contributed by atoms with E-state index >= 15 is 0 Å². The molecule has 18 heavy (non-hydrogen) atoms. The van der Waals surface area contributed by atoms with Gasteiger partial charge in [0.2, 0.25) is 0 Å². The summed E-state index contributed by atoms with van der Waals surface area (Å²) in [6, 6.07) is 0.545. The van der Waals surface area contributed by atoms with Crippen molar-refractivity contribution in [3.8, 4) is 0 Å². The number of rotatable bonds is 6. The van der Waals surface area contributed by atoms with Crippen molar-refractivity contribution in [2.24, 2.45) is 0 Å². The molecule has 2 aromatic rings. The van der Waals surface area contributed by atoms with Gasteiger partial charge in [-0.05, 0) is 20.4 Å². The lowest BCUT2D eigenvalue weighted by molar-refractivity contribution is 0.465. The van der Waals surface area contributed by atoms with Gasteiger partial charge >= 0.3 is 0 Å². The van der Waals surface area contributed by atoms with Gasteiger partial charge in [-0.15, -0.1) is 11.3 Å². The van der Waals surface area contributed by atoms with Crippen molar-refractivity contribution in [3.63, 3.8) is 0 Å². The molecule has 0 saturated heterocycles. The number of likely N-dealkylation sites (N-methyl/N-ethyl adjacent to an activating group) is 1. The second-order valence-corrected chi connectivity index (χ2v) is 5.16. The number of hydrogen-bond donors (Lipinski definition) is 1. The minimum Gasteiger partial charge on any atom is -0.309 e. The fourth-order valence-corrected chi connectivity index (χ4v) is 2.56. The van der Waals surface area contributed by atoms with Gasteiger partial charge in [-0.3, -0.25) is 0 Å². The van der Waals surface area contributed by atoms with Gasteiger partial charge in [0, 0.05) is 17.8 Å². The molecule has 0 aromatic carbocycles. The van der Waals surface area contributed by atoms with Crippen LogP contribution in [-0.4, -0.2) is 26.3 Å². The Morgan fingerprint density at radius 2 is 2.22 bits per heavy atom. The smallest absolute Gasteiger partial charge is 0.138 e. The maximum absolute atomic E-state index is 4.39. The molecule has 0 aliphatic rings. The van der Waals surface area contributed by atoms with Crippen LogP contribution in [0.15, 0.2) is 17.2 Å². The van der Waals surface area contributed by atoms with Crippen molar-refractivity contribution >= 4 is 11.3 Å². The van der Waals surface area contributed by atoms with E-state index in [1.165, 1.54) is 0 Å². The number of nitrogens with one attached hydrogen (secondary N) is 1. The van der Waals surface area contributed by atoms with Crippen LogP contribution in [0.2, 0.25) is 0 Å². The van der Waals surface area contributed by atoms with Crippen LogP contribution >= 0.6 is 11.3 Å². The fraction of sp³-hybridized carbons (Fsp3) is 0.583. The molecular formula is C12H19N5S. The van der Waals surface area contributed by atoms with Crippen LogP contribution in [-0.2, 0) is 6.42 Å². The minimum atomic E-state index is 0.211. The normalized spacial score (nSPS) is 13.1. The molecule has 0 saturated carbocycles. The Bertz CT molecular complexity index is 463. The molecule has 6 heteroatoms. The van der Waals surface area contributed by atoms with E-state index in [4.69, 9.17) is 0 Å². The van der Waals surface area contributed by atoms with E-state index in [0.29, 0.717) is 6.04 Å². The summed E-state index contributed by atoms with van der Waals surface area (Å²) in [6.07, 6.45) is 2.44. The van der Waals surface area contributed by atoms with E-state index < -0.39 is 0 Å². The standard InChI is InChI=1S/C12H19N5S/c1-4-13-10(11-6-18-8-15-11)5-12-14-7-16-17(12)9(2)3/h6-10,13H,4-5H2,1-3H3. The Balaban J connectivity index is 2.16. The van der Waals surface area contributed by atoms with Crippen LogP contribution in [0.1, 0.15) is 44.4 Å². The molecule has 1 N–H and O–H groups in total. The predicted molar refractivity (Wildman–Crippen MR) is 72.6 cm³/mol. The van der Waals surface area contributed by atoms with E-state index in [0.717, 1.165) is 24.5 Å². The van der Waals surface area contributed by atoms with Crippen LogP contribution in [0.4, 0.5) is 0 Å². The molecule has 5 nitrogen and oxygen atoms in total. The predicted octanol–water partition coefficient (Wildman–Crippen LogP) is 2.21. The summed E-state index contributed by atoms with van der Waals surface area (Å²) in [7, 11) is 0. The monoisotopic (exact) mass is 265 g/mol. The van der Waals surface area contributed by atoms with Gasteiger partial charge in [0.05, 0.1) is 17.2 Å². The van der Waals surface area contributed by atoms with E-state index in [9.17, 15) is 0 Å². The molecular weight excluding hydrogens is 246 g/mol. The third kappa shape index (κ3) is 2.94. The first-order valence-corrected chi connectivity index (χ1v) is 7.16. The molecule has 0 aliphatic carbocycles. The van der Waals surface area contributed by atoms with E-state index in [-0.39, 0.29) is 6.04 Å². The van der Waals surface area contributed by atoms with Crippen LogP contribution in [0.3, 0.4) is 0 Å². The highest BCUT2D eigenvalue weighted by atomic mass is 32.1. The van der Waals surface area contributed by atoms with Crippen LogP contribution in [0, 0.1) is 0 Å². The highest BCUT2D eigenvalue weighted by molar-refractivity contribution is 7.07. The van der Waals surface area contributed by atoms with Gasteiger partial charge in [-0.25, -0.2) is 14.6 Å². The molecule has 0 bridgehead atoms. The highest BCUT2D eigenvalue weighted by Crippen LogP contribution is 2.18. The molecule has 0 radical (unpaired) electrons. The maximum atomic E-state index is 4.39. The lowest BCUT2D eigenvalue weighted by Gasteiger charge is -2.17. The SMILES string of the molecule is CCNC(Cc1ncnn1C(C)C)c1cscn1. The quantitative estimate of drug-likeness (QED) is 0.870. The van der Waals surface area contributed by atoms with E-state index in [2.05, 4.69) is 46.5 Å². The lowest BCUT2D eigenvalue weighted by atomic mass is 10.1. The summed E-state index contributed by atoms with van der Waals surface area (Å²) in [5.41, 5.74) is 2.95. The molecule has 0 spiro atoms. The summed E-state index contributed by atoms with van der Waals surface area (Å²) in [5.74, 6) is 1.00. The zero-order valence-corrected chi connectivity index (χ0v) is 11.8. The summed E-state index contributed by atoms with van der Waals surface area (Å²) >= 11 is 1.62. The first-order valence-electron chi connectivity index (χ1n) is 6.22. The van der Waals surface area contributed by atoms with Gasteiger partial charge in [0.25, 0.3) is 0 Å². The Kier molecular flexibility index (Phi) is 4.43. The second-order valence-electron chi connectivity index (χ2n) is 4.44. The average Bonchev–Trinajstić information content (AvgIpc) is 2.99. The van der Waals surface area contributed by atoms with Gasteiger partial charge < -0.3 is 5.32 Å². The van der Waals surface area contributed by atoms with Crippen LogP contribution < -0.4 is 5.32 Å². The summed E-state index contributed by atoms with van der Waals surface area (Å²) < 4.78 is 1.97. The zero-order valence-electron chi connectivity index (χ0n) is 11.0. The zero-order chi connectivity index (χ0) is 13.0. The van der Waals surface area contributed by atoms with Crippen molar-refractivity contribution in [3.05, 3.63) is 28.7 Å². The van der Waals surface area contributed by atoms with Crippen molar-refractivity contribution in [2.45, 2.75) is 39.3 Å². The van der Waals surface area contributed by atoms with E-state index in [1.807, 2.05) is 10.2 Å². The third-order valence-electron chi connectivity index (χ3n) is 2.78. The Morgan fingerprint density at radius 3 is 2.83 bits per heavy atom. The van der Waals surface area contributed by atoms with Crippen LogP contribution in [0.25, 0.3) is 0 Å². The summed E-state index contributed by atoms with van der Waals surface area (Å²) in [6.45, 7) is 7.25. The molecule has 0 amide bonds. The molecule has 1 unspecified atom stereocenters. The largest absolute Gasteiger partial charge is 0.309 e. The van der Waals surface area contributed by atoms with E-state index in [1.54, 1.807) is 17.7 Å². The van der Waals surface area contributed by atoms with Crippen molar-refractivity contribution in [2.75, 3.05) is 6.54 Å². The molecule has 98 valence electrons. The second kappa shape index (κ2) is 6.06. The molecule has 2 aromatic heterocycles. The average molecular weight is 265 g/mol. The van der Waals surface area contributed by atoms with Gasteiger partial charge in [0.15, 0.2) is 0 Å². The lowest BCUT2D eigenvalue weighted by Crippen LogP contribution is -2.25. The van der Waals surface area contributed by atoms with Crippen molar-refractivity contribution < 1.29 is 0 Å². The first kappa shape index (κ1) is 13.2. The number of nitrogens with zero attached hydrogens (tertiary/aromatic N) is 4. The number of aromatic nitrogens is 4. The van der Waals surface area contributed by atoms with Gasteiger partial charge in [0.1, 0.15) is 12.2 Å². The molecule has 1 atom stereocenters. The first-order chi connectivity index (χ1) is 8.72. The molecule has 2 heterocycles. The maximum Gasteiger partial charge on any atom is 0.138 e. The third-order valence-corrected chi connectivity index (χ3v) is 3.39.